The molecule has 14 nitrogen and oxygen atoms in total. The molecule has 6 atom stereocenters. The molecule has 2 aliphatic rings. The van der Waals surface area contributed by atoms with Gasteiger partial charge in [0.25, 0.3) is 0 Å². The Bertz CT molecular complexity index is 1170. The average Bonchev–Trinajstić information content (AvgIpc) is 3.28. The monoisotopic (exact) mass is 560 g/mol. The van der Waals surface area contributed by atoms with Crippen LogP contribution in [-0.2, 0) is 23.4 Å². The normalized spacial score (nSPS) is 32.4. The largest absolute Gasteiger partial charge is 0.479 e. The molecule has 206 valence electrons. The number of rotatable bonds is 9. The van der Waals surface area contributed by atoms with Crippen LogP contribution >= 0.6 is 18.1 Å². The highest BCUT2D eigenvalue weighted by Crippen LogP contribution is 2.58. The summed E-state index contributed by atoms with van der Waals surface area (Å²) < 4.78 is 37.1. The standard InChI is InChI=1S/C21H33N6O8PS/c1-4-5-8-33-18(29)12-7-6-9-37-36(31,26-12)34-10-13-15(28)21(2,30)19(35-13)27-11-23-14-16(27)24-20(22)25-17(14)32-3/h11-13,15,19,28,30H,4-10H2,1-3H3,(H,26,31)(H2,22,24,25)/t12-,13+,15+,19+,21+,36+/m0/s1. The highest BCUT2D eigenvalue weighted by molar-refractivity contribution is 8.56. The van der Waals surface area contributed by atoms with Gasteiger partial charge in [-0.1, -0.05) is 24.7 Å². The number of aliphatic hydroxyl groups is 2. The summed E-state index contributed by atoms with van der Waals surface area (Å²) in [6, 6.07) is -0.764. The summed E-state index contributed by atoms with van der Waals surface area (Å²) in [6.07, 6.45) is 0.538. The van der Waals surface area contributed by atoms with Crippen molar-refractivity contribution in [2.45, 2.75) is 69.6 Å². The van der Waals surface area contributed by atoms with Gasteiger partial charge in [-0.15, -0.1) is 0 Å². The third kappa shape index (κ3) is 5.87. The topological polar surface area (TPSA) is 193 Å². The summed E-state index contributed by atoms with van der Waals surface area (Å²) in [5.41, 5.74) is 4.53. The fraction of sp³-hybridized carbons (Fsp3) is 0.714. The number of carbonyl (C=O) groups is 1. The summed E-state index contributed by atoms with van der Waals surface area (Å²) in [4.78, 5) is 24.9. The summed E-state index contributed by atoms with van der Waals surface area (Å²) >= 11 is 1.08. The molecule has 0 aromatic carbocycles. The van der Waals surface area contributed by atoms with Gasteiger partial charge in [-0.25, -0.2) is 10.1 Å². The maximum absolute atomic E-state index is 13.5. The first-order valence-corrected chi connectivity index (χ1v) is 15.2. The average molecular weight is 561 g/mol. The number of nitrogens with zero attached hydrogens (tertiary/aromatic N) is 4. The summed E-state index contributed by atoms with van der Waals surface area (Å²) in [6.45, 7) is -0.156. The minimum Gasteiger partial charge on any atom is -0.479 e. The van der Waals surface area contributed by atoms with Crippen molar-refractivity contribution in [2.75, 3.05) is 31.8 Å². The summed E-state index contributed by atoms with van der Waals surface area (Å²) in [7, 11) is 1.41. The molecule has 0 radical (unpaired) electrons. The van der Waals surface area contributed by atoms with Gasteiger partial charge < -0.3 is 34.7 Å². The minimum absolute atomic E-state index is 0.0680. The first-order valence-electron chi connectivity index (χ1n) is 12.0. The molecular formula is C21H33N6O8PS. The molecule has 4 heterocycles. The Kier molecular flexibility index (Phi) is 8.63. The maximum atomic E-state index is 13.5. The van der Waals surface area contributed by atoms with E-state index in [1.165, 1.54) is 24.9 Å². The second kappa shape index (κ2) is 11.4. The molecule has 0 saturated carbocycles. The van der Waals surface area contributed by atoms with Crippen LogP contribution < -0.4 is 15.6 Å². The van der Waals surface area contributed by atoms with E-state index in [9.17, 15) is 19.6 Å². The van der Waals surface area contributed by atoms with Crippen molar-refractivity contribution in [2.24, 2.45) is 0 Å². The molecule has 2 fully saturated rings. The summed E-state index contributed by atoms with van der Waals surface area (Å²) in [5.74, 6) is 0.128. The van der Waals surface area contributed by atoms with Crippen LogP contribution in [0.15, 0.2) is 6.33 Å². The fourth-order valence-electron chi connectivity index (χ4n) is 4.20. The predicted octanol–water partition coefficient (Wildman–Crippen LogP) is 1.38. The molecule has 2 saturated heterocycles. The highest BCUT2D eigenvalue weighted by Gasteiger charge is 2.54. The molecule has 2 aliphatic heterocycles. The molecule has 5 N–H and O–H groups in total. The van der Waals surface area contributed by atoms with Crippen molar-refractivity contribution in [1.29, 1.82) is 0 Å². The molecule has 4 rings (SSSR count). The van der Waals surface area contributed by atoms with E-state index in [0.29, 0.717) is 30.7 Å². The lowest BCUT2D eigenvalue weighted by Gasteiger charge is -2.27. The number of unbranched alkanes of at least 4 members (excludes halogenated alkanes) is 1. The molecule has 0 unspecified atom stereocenters. The zero-order valence-corrected chi connectivity index (χ0v) is 22.6. The predicted molar refractivity (Wildman–Crippen MR) is 135 cm³/mol. The van der Waals surface area contributed by atoms with Crippen molar-refractivity contribution in [3.8, 4) is 5.88 Å². The number of carbonyl (C=O) groups excluding carboxylic acids is 1. The third-order valence-electron chi connectivity index (χ3n) is 6.26. The van der Waals surface area contributed by atoms with E-state index in [1.54, 1.807) is 0 Å². The Morgan fingerprint density at radius 3 is 2.97 bits per heavy atom. The molecule has 37 heavy (non-hydrogen) atoms. The Morgan fingerprint density at radius 1 is 1.46 bits per heavy atom. The minimum atomic E-state index is -3.54. The number of nitrogens with two attached hydrogens (primary N) is 1. The zero-order chi connectivity index (χ0) is 26.8. The fourth-order valence-corrected chi connectivity index (χ4v) is 8.04. The van der Waals surface area contributed by atoms with Crippen molar-refractivity contribution >= 4 is 41.2 Å². The summed E-state index contributed by atoms with van der Waals surface area (Å²) in [5, 5.41) is 24.9. The second-order valence-electron chi connectivity index (χ2n) is 9.08. The van der Waals surface area contributed by atoms with Crippen molar-refractivity contribution in [1.82, 2.24) is 24.6 Å². The van der Waals surface area contributed by atoms with Crippen LogP contribution in [0.5, 0.6) is 5.88 Å². The van der Waals surface area contributed by atoms with Crippen LogP contribution in [0, 0.1) is 0 Å². The number of aliphatic hydroxyl groups excluding tert-OH is 1. The lowest BCUT2D eigenvalue weighted by molar-refractivity contribution is -0.146. The molecule has 16 heteroatoms. The van der Waals surface area contributed by atoms with E-state index in [2.05, 4.69) is 20.0 Å². The number of hydrogen-bond donors (Lipinski definition) is 4. The number of ether oxygens (including phenoxy) is 3. The van der Waals surface area contributed by atoms with Crippen molar-refractivity contribution in [3.63, 3.8) is 0 Å². The van der Waals surface area contributed by atoms with Gasteiger partial charge >= 0.3 is 12.7 Å². The molecule has 0 amide bonds. The van der Waals surface area contributed by atoms with Crippen molar-refractivity contribution in [3.05, 3.63) is 6.33 Å². The van der Waals surface area contributed by atoms with Crippen LogP contribution in [0.4, 0.5) is 5.95 Å². The molecular weight excluding hydrogens is 527 g/mol. The molecule has 2 aromatic heterocycles. The number of nitrogens with one attached hydrogen (secondary N) is 1. The first kappa shape index (κ1) is 28.0. The number of imidazole rings is 1. The Labute approximate surface area is 217 Å². The van der Waals surface area contributed by atoms with Gasteiger partial charge in [-0.2, -0.15) is 9.97 Å². The number of methoxy groups -OCH3 is 1. The van der Waals surface area contributed by atoms with E-state index < -0.39 is 42.8 Å². The van der Waals surface area contributed by atoms with Crippen LogP contribution in [-0.4, -0.2) is 85.6 Å². The van der Waals surface area contributed by atoms with Gasteiger partial charge in [0, 0.05) is 5.75 Å². The van der Waals surface area contributed by atoms with Crippen LogP contribution in [0.25, 0.3) is 11.2 Å². The first-order chi connectivity index (χ1) is 17.6. The quantitative estimate of drug-likeness (QED) is 0.195. The molecule has 0 bridgehead atoms. The zero-order valence-electron chi connectivity index (χ0n) is 20.9. The number of hydrogen-bond acceptors (Lipinski definition) is 13. The lowest BCUT2D eigenvalue weighted by Crippen LogP contribution is -2.44. The Balaban J connectivity index is 1.47. The maximum Gasteiger partial charge on any atom is 0.327 e. The Hall–Kier alpha value is -2.00. The number of anilines is 1. The Morgan fingerprint density at radius 2 is 2.24 bits per heavy atom. The van der Waals surface area contributed by atoms with E-state index in [0.717, 1.165) is 24.2 Å². The molecule has 2 aromatic rings. The molecule has 0 spiro atoms. The van der Waals surface area contributed by atoms with Gasteiger partial charge in [-0.3, -0.25) is 13.9 Å². The van der Waals surface area contributed by atoms with Crippen molar-refractivity contribution < 1.29 is 38.3 Å². The van der Waals surface area contributed by atoms with Crippen LogP contribution in [0.2, 0.25) is 0 Å². The van der Waals surface area contributed by atoms with Gasteiger partial charge in [0.05, 0.1) is 26.7 Å². The number of fused-ring (bicyclic) bond motifs is 1. The number of aromatic nitrogens is 4. The number of nitrogen functional groups attached to an aromatic ring is 1. The number of esters is 1. The van der Waals surface area contributed by atoms with Gasteiger partial charge in [0.2, 0.25) is 11.8 Å². The lowest BCUT2D eigenvalue weighted by atomic mass is 9.96. The SMILES string of the molecule is CCCCOC(=O)[C@@H]1CCCS[P@](=O)(OC[C@H]2O[C@@H](n3cnc4c(OC)nc(N)nc43)[C@](C)(O)[C@@H]2O)N1. The van der Waals surface area contributed by atoms with Crippen LogP contribution in [0.1, 0.15) is 45.8 Å². The van der Waals surface area contributed by atoms with Gasteiger partial charge in [0.15, 0.2) is 17.4 Å². The van der Waals surface area contributed by atoms with E-state index in [1.807, 2.05) is 6.92 Å². The molecule has 0 aliphatic carbocycles. The third-order valence-corrected chi connectivity index (χ3v) is 10.4. The second-order valence-corrected chi connectivity index (χ2v) is 13.5. The smallest absolute Gasteiger partial charge is 0.327 e. The van der Waals surface area contributed by atoms with Gasteiger partial charge in [0.1, 0.15) is 23.9 Å². The van der Waals surface area contributed by atoms with E-state index in [4.69, 9.17) is 24.5 Å². The van der Waals surface area contributed by atoms with Gasteiger partial charge in [-0.05, 0) is 26.2 Å². The van der Waals surface area contributed by atoms with Crippen LogP contribution in [0.3, 0.4) is 0 Å². The van der Waals surface area contributed by atoms with E-state index >= 15 is 0 Å². The highest BCUT2D eigenvalue weighted by atomic mass is 32.7. The van der Waals surface area contributed by atoms with E-state index in [-0.39, 0.29) is 24.1 Å².